The third-order valence-corrected chi connectivity index (χ3v) is 5.13. The SMILES string of the molecule is CC[C@@H](C(=O)NC)N(Cc1ccc(Cl)c(Cl)c1)C(=O)COc1ccc(OC)cc1. The van der Waals surface area contributed by atoms with Crippen LogP contribution in [-0.2, 0) is 16.1 Å². The van der Waals surface area contributed by atoms with Gasteiger partial charge in [0.25, 0.3) is 5.91 Å². The summed E-state index contributed by atoms with van der Waals surface area (Å²) in [5.41, 5.74) is 0.763. The second-order valence-electron chi connectivity index (χ2n) is 6.27. The van der Waals surface area contributed by atoms with Crippen LogP contribution in [0, 0.1) is 0 Å². The highest BCUT2D eigenvalue weighted by Gasteiger charge is 2.28. The van der Waals surface area contributed by atoms with Gasteiger partial charge in [-0.05, 0) is 48.4 Å². The lowest BCUT2D eigenvalue weighted by Gasteiger charge is -2.30. The number of ether oxygens (including phenoxy) is 2. The molecule has 0 aliphatic heterocycles. The molecule has 0 heterocycles. The molecule has 6 nitrogen and oxygen atoms in total. The Bertz CT molecular complexity index is 843. The van der Waals surface area contributed by atoms with Crippen molar-refractivity contribution < 1.29 is 19.1 Å². The number of amides is 2. The molecule has 2 rings (SSSR count). The van der Waals surface area contributed by atoms with Crippen LogP contribution in [-0.4, -0.2) is 43.5 Å². The van der Waals surface area contributed by atoms with Crippen LogP contribution in [0.15, 0.2) is 42.5 Å². The van der Waals surface area contributed by atoms with Gasteiger partial charge in [-0.2, -0.15) is 0 Å². The number of carbonyl (C=O) groups excluding carboxylic acids is 2. The van der Waals surface area contributed by atoms with E-state index in [1.165, 1.54) is 4.90 Å². The Balaban J connectivity index is 2.18. The van der Waals surface area contributed by atoms with E-state index in [1.807, 2.05) is 6.92 Å². The van der Waals surface area contributed by atoms with E-state index in [2.05, 4.69) is 5.32 Å². The fourth-order valence-corrected chi connectivity index (χ4v) is 3.14. The van der Waals surface area contributed by atoms with Crippen molar-refractivity contribution in [2.75, 3.05) is 20.8 Å². The second-order valence-corrected chi connectivity index (χ2v) is 7.09. The fraction of sp³-hybridized carbons (Fsp3) is 0.333. The quantitative estimate of drug-likeness (QED) is 0.643. The topological polar surface area (TPSA) is 67.9 Å². The number of likely N-dealkylation sites (N-methyl/N-ethyl adjacent to an activating group) is 1. The van der Waals surface area contributed by atoms with Gasteiger partial charge in [0, 0.05) is 13.6 Å². The summed E-state index contributed by atoms with van der Waals surface area (Å²) in [5.74, 6) is 0.657. The van der Waals surface area contributed by atoms with Gasteiger partial charge in [-0.25, -0.2) is 0 Å². The van der Waals surface area contributed by atoms with Gasteiger partial charge in [0.05, 0.1) is 17.2 Å². The fourth-order valence-electron chi connectivity index (χ4n) is 2.82. The Labute approximate surface area is 180 Å². The largest absolute Gasteiger partial charge is 0.497 e. The van der Waals surface area contributed by atoms with Crippen LogP contribution in [0.25, 0.3) is 0 Å². The van der Waals surface area contributed by atoms with Crippen LogP contribution in [0.1, 0.15) is 18.9 Å². The van der Waals surface area contributed by atoms with E-state index < -0.39 is 6.04 Å². The number of halogens is 2. The van der Waals surface area contributed by atoms with Gasteiger partial charge in [0.2, 0.25) is 5.91 Å². The first-order chi connectivity index (χ1) is 13.9. The molecule has 29 heavy (non-hydrogen) atoms. The summed E-state index contributed by atoms with van der Waals surface area (Å²) < 4.78 is 10.7. The molecule has 0 radical (unpaired) electrons. The van der Waals surface area contributed by atoms with Crippen LogP contribution in [0.4, 0.5) is 0 Å². The number of methoxy groups -OCH3 is 1. The van der Waals surface area contributed by atoms with Gasteiger partial charge in [0.15, 0.2) is 6.61 Å². The lowest BCUT2D eigenvalue weighted by molar-refractivity contribution is -0.142. The number of nitrogens with one attached hydrogen (secondary N) is 1. The van der Waals surface area contributed by atoms with Crippen molar-refractivity contribution >= 4 is 35.0 Å². The molecule has 0 fully saturated rings. The normalized spacial score (nSPS) is 11.5. The van der Waals surface area contributed by atoms with Gasteiger partial charge in [-0.1, -0.05) is 36.2 Å². The minimum Gasteiger partial charge on any atom is -0.497 e. The van der Waals surface area contributed by atoms with Crippen molar-refractivity contribution in [1.82, 2.24) is 10.2 Å². The minimum absolute atomic E-state index is 0.202. The summed E-state index contributed by atoms with van der Waals surface area (Å²) in [6.45, 7) is 1.84. The molecular weight excluding hydrogens is 415 g/mol. The van der Waals surface area contributed by atoms with Crippen molar-refractivity contribution in [3.05, 3.63) is 58.1 Å². The van der Waals surface area contributed by atoms with Crippen LogP contribution < -0.4 is 14.8 Å². The number of nitrogens with zero attached hydrogens (tertiary/aromatic N) is 1. The van der Waals surface area contributed by atoms with Crippen LogP contribution in [0.2, 0.25) is 10.0 Å². The number of hydrogen-bond donors (Lipinski definition) is 1. The molecule has 8 heteroatoms. The molecule has 0 saturated heterocycles. The molecular formula is C21H24Cl2N2O4. The molecule has 0 spiro atoms. The van der Waals surface area contributed by atoms with Crippen LogP contribution in [0.3, 0.4) is 0 Å². The Morgan fingerprint density at radius 3 is 2.28 bits per heavy atom. The summed E-state index contributed by atoms with van der Waals surface area (Å²) in [5, 5.41) is 3.42. The predicted octanol–water partition coefficient (Wildman–Crippen LogP) is 3.93. The van der Waals surface area contributed by atoms with Crippen molar-refractivity contribution in [3.63, 3.8) is 0 Å². The standard InChI is InChI=1S/C21H24Cl2N2O4/c1-4-19(21(27)24-2)25(12-14-5-10-17(22)18(23)11-14)20(26)13-29-16-8-6-15(28-3)7-9-16/h5-11,19H,4,12-13H2,1-3H3,(H,24,27)/t19-/m0/s1. The van der Waals surface area contributed by atoms with E-state index in [1.54, 1.807) is 56.6 Å². The highest BCUT2D eigenvalue weighted by Crippen LogP contribution is 2.24. The first-order valence-corrected chi connectivity index (χ1v) is 9.87. The summed E-state index contributed by atoms with van der Waals surface area (Å²) in [7, 11) is 3.12. The number of carbonyl (C=O) groups is 2. The smallest absolute Gasteiger partial charge is 0.261 e. The van der Waals surface area contributed by atoms with Gasteiger partial charge in [-0.15, -0.1) is 0 Å². The van der Waals surface area contributed by atoms with E-state index in [9.17, 15) is 9.59 Å². The summed E-state index contributed by atoms with van der Waals surface area (Å²) >= 11 is 12.1. The molecule has 156 valence electrons. The molecule has 2 aromatic carbocycles. The molecule has 1 atom stereocenters. The van der Waals surface area contributed by atoms with E-state index >= 15 is 0 Å². The molecule has 2 amide bonds. The lowest BCUT2D eigenvalue weighted by atomic mass is 10.1. The van der Waals surface area contributed by atoms with Crippen molar-refractivity contribution in [3.8, 4) is 11.5 Å². The molecule has 0 saturated carbocycles. The first kappa shape index (κ1) is 22.8. The monoisotopic (exact) mass is 438 g/mol. The summed E-state index contributed by atoms with van der Waals surface area (Å²) in [4.78, 5) is 26.8. The second kappa shape index (κ2) is 10.9. The first-order valence-electron chi connectivity index (χ1n) is 9.11. The third-order valence-electron chi connectivity index (χ3n) is 4.39. The maximum absolute atomic E-state index is 13.0. The number of rotatable bonds is 9. The van der Waals surface area contributed by atoms with Gasteiger partial charge in [-0.3, -0.25) is 9.59 Å². The van der Waals surface area contributed by atoms with E-state index in [-0.39, 0.29) is 25.0 Å². The lowest BCUT2D eigenvalue weighted by Crippen LogP contribution is -2.49. The Kier molecular flexibility index (Phi) is 8.61. The molecule has 0 unspecified atom stereocenters. The van der Waals surface area contributed by atoms with Crippen molar-refractivity contribution in [1.29, 1.82) is 0 Å². The van der Waals surface area contributed by atoms with E-state index in [0.29, 0.717) is 28.0 Å². The maximum Gasteiger partial charge on any atom is 0.261 e. The van der Waals surface area contributed by atoms with Gasteiger partial charge >= 0.3 is 0 Å². The Hall–Kier alpha value is -2.44. The van der Waals surface area contributed by atoms with Crippen molar-refractivity contribution in [2.24, 2.45) is 0 Å². The highest BCUT2D eigenvalue weighted by molar-refractivity contribution is 6.42. The number of benzene rings is 2. The minimum atomic E-state index is -0.638. The van der Waals surface area contributed by atoms with E-state index in [4.69, 9.17) is 32.7 Å². The van der Waals surface area contributed by atoms with Gasteiger partial charge < -0.3 is 19.7 Å². The van der Waals surface area contributed by atoms with Crippen LogP contribution in [0.5, 0.6) is 11.5 Å². The maximum atomic E-state index is 13.0. The highest BCUT2D eigenvalue weighted by atomic mass is 35.5. The molecule has 0 aromatic heterocycles. The Morgan fingerprint density at radius 1 is 1.07 bits per heavy atom. The zero-order valence-corrected chi connectivity index (χ0v) is 18.1. The van der Waals surface area contributed by atoms with Crippen molar-refractivity contribution in [2.45, 2.75) is 25.9 Å². The number of hydrogen-bond acceptors (Lipinski definition) is 4. The molecule has 0 aliphatic rings. The molecule has 1 N–H and O–H groups in total. The molecule has 2 aromatic rings. The Morgan fingerprint density at radius 2 is 1.72 bits per heavy atom. The summed E-state index contributed by atoms with van der Waals surface area (Å²) in [6.07, 6.45) is 0.454. The predicted molar refractivity (Wildman–Crippen MR) is 114 cm³/mol. The zero-order chi connectivity index (χ0) is 21.4. The molecule has 0 aliphatic carbocycles. The average molecular weight is 439 g/mol. The van der Waals surface area contributed by atoms with E-state index in [0.717, 1.165) is 5.56 Å². The molecule has 0 bridgehead atoms. The average Bonchev–Trinajstić information content (AvgIpc) is 2.74. The third kappa shape index (κ3) is 6.27. The summed E-state index contributed by atoms with van der Waals surface area (Å²) in [6, 6.07) is 11.4. The van der Waals surface area contributed by atoms with Crippen LogP contribution >= 0.6 is 23.2 Å². The van der Waals surface area contributed by atoms with Gasteiger partial charge in [0.1, 0.15) is 17.5 Å². The zero-order valence-electron chi connectivity index (χ0n) is 16.6.